The highest BCUT2D eigenvalue weighted by Crippen LogP contribution is 2.51. The van der Waals surface area contributed by atoms with Crippen molar-refractivity contribution in [2.75, 3.05) is 9.80 Å². The Bertz CT molecular complexity index is 4230. The smallest absolute Gasteiger partial charge is 0.256 e. The molecule has 0 fully saturated rings. The largest absolute Gasteiger partial charge is 0.458 e. The number of furan rings is 1. The van der Waals surface area contributed by atoms with Crippen LogP contribution in [0.15, 0.2) is 174 Å². The van der Waals surface area contributed by atoms with Crippen molar-refractivity contribution in [2.24, 2.45) is 0 Å². The van der Waals surface area contributed by atoms with Gasteiger partial charge in [-0.1, -0.05) is 121 Å². The summed E-state index contributed by atoms with van der Waals surface area (Å²) in [5, 5.41) is 2.09. The van der Waals surface area contributed by atoms with Crippen molar-refractivity contribution in [1.29, 1.82) is 0 Å². The van der Waals surface area contributed by atoms with E-state index in [9.17, 15) is 0 Å². The Morgan fingerprint density at radius 3 is 0.986 bits per heavy atom. The number of ether oxygens (including phenoxy) is 4. The van der Waals surface area contributed by atoms with Crippen LogP contribution >= 0.6 is 0 Å². The molecule has 8 aliphatic heterocycles. The van der Waals surface area contributed by atoms with E-state index < -0.39 is 0 Å². The fraction of sp³-hybridized carbons (Fsp3) is 0.0323. The molecule has 19 rings (SSSR count). The molecule has 9 heterocycles. The lowest BCUT2D eigenvalue weighted by Crippen LogP contribution is -2.67. The Kier molecular flexibility index (Phi) is 6.60. The van der Waals surface area contributed by atoms with E-state index in [-0.39, 0.29) is 26.9 Å². The summed E-state index contributed by atoms with van der Waals surface area (Å²) in [6.07, 6.45) is 0. The Labute approximate surface area is 420 Å². The van der Waals surface area contributed by atoms with Gasteiger partial charge in [0.1, 0.15) is 57.2 Å². The highest BCUT2D eigenvalue weighted by atomic mass is 16.5. The van der Waals surface area contributed by atoms with Crippen LogP contribution in [0.1, 0.15) is 11.1 Å². The third-order valence-corrected chi connectivity index (χ3v) is 17.6. The standard InChI is InChI=1S/C62H34B4N2O5/c1-31-59-53-57-55-61(31)72-51-29-49-33(27-41(51)65(55)37-17-5-11-23-45(37)67(57)43-21-9-3-15-35(43)63(53)39-19-7-13-25-47(39)70-59)34-28-42-52(30-50(34)69-49)73-62-32(2)60-54-58-56(62)66(42)38-18-6-12-24-46(38)68(58)44-22-10-4-16-36(44)64(54)40-20-8-14-26-48(40)71-60/h3-30H,1-2H3. The average molecular weight is 930 g/mol. The van der Waals surface area contributed by atoms with Gasteiger partial charge in [0.2, 0.25) is 0 Å². The van der Waals surface area contributed by atoms with E-state index in [1.165, 1.54) is 77.4 Å². The monoisotopic (exact) mass is 930 g/mol. The molecule has 0 N–H and O–H groups in total. The van der Waals surface area contributed by atoms with E-state index in [0.717, 1.165) is 101 Å². The van der Waals surface area contributed by atoms with Crippen molar-refractivity contribution >= 4 is 148 Å². The first kappa shape index (κ1) is 37.8. The minimum atomic E-state index is -0.114. The summed E-state index contributed by atoms with van der Waals surface area (Å²) in [5.74, 6) is 6.81. The molecule has 7 nitrogen and oxygen atoms in total. The van der Waals surface area contributed by atoms with E-state index in [4.69, 9.17) is 23.4 Å². The topological polar surface area (TPSA) is 56.5 Å². The van der Waals surface area contributed by atoms with Gasteiger partial charge in [-0.3, -0.25) is 0 Å². The zero-order valence-electron chi connectivity index (χ0n) is 39.4. The molecule has 0 saturated carbocycles. The maximum atomic E-state index is 7.29. The molecule has 0 unspecified atom stereocenters. The zero-order chi connectivity index (χ0) is 47.3. The summed E-state index contributed by atoms with van der Waals surface area (Å²) in [4.78, 5) is 4.97. The lowest BCUT2D eigenvalue weighted by Gasteiger charge is -2.47. The van der Waals surface area contributed by atoms with Gasteiger partial charge in [0.05, 0.1) is 0 Å². The number of para-hydroxylation sites is 6. The van der Waals surface area contributed by atoms with Crippen LogP contribution in [0.4, 0.5) is 34.1 Å². The third-order valence-electron chi connectivity index (χ3n) is 17.6. The van der Waals surface area contributed by atoms with Crippen LogP contribution in [0, 0.1) is 13.8 Å². The third kappa shape index (κ3) is 4.33. The Balaban J connectivity index is 0.849. The predicted octanol–water partition coefficient (Wildman–Crippen LogP) is 6.88. The van der Waals surface area contributed by atoms with Gasteiger partial charge in [0.25, 0.3) is 26.9 Å². The molecule has 1 aromatic heterocycles. The van der Waals surface area contributed by atoms with E-state index in [0.29, 0.717) is 0 Å². The van der Waals surface area contributed by atoms with Crippen LogP contribution in [0.3, 0.4) is 0 Å². The summed E-state index contributed by atoms with van der Waals surface area (Å²) in [6.45, 7) is 4.11. The van der Waals surface area contributed by atoms with Crippen LogP contribution in [-0.4, -0.2) is 26.9 Å². The molecular weight excluding hydrogens is 896 g/mol. The quantitative estimate of drug-likeness (QED) is 0.154. The lowest BCUT2D eigenvalue weighted by atomic mass is 9.29. The summed E-state index contributed by atoms with van der Waals surface area (Å²) < 4.78 is 35.5. The van der Waals surface area contributed by atoms with E-state index >= 15 is 0 Å². The van der Waals surface area contributed by atoms with Gasteiger partial charge < -0.3 is 33.2 Å². The molecule has 0 saturated heterocycles. The molecular formula is C62H34B4N2O5. The fourth-order valence-electron chi connectivity index (χ4n) is 14.8. The van der Waals surface area contributed by atoms with Crippen molar-refractivity contribution in [2.45, 2.75) is 13.8 Å². The van der Waals surface area contributed by atoms with E-state index in [1.807, 2.05) is 0 Å². The number of nitrogens with zero attached hydrogens (tertiary/aromatic N) is 2. The molecule has 10 aromatic carbocycles. The maximum Gasteiger partial charge on any atom is 0.256 e. The van der Waals surface area contributed by atoms with Crippen LogP contribution in [0.5, 0.6) is 46.0 Å². The molecule has 11 heteroatoms. The second-order valence-corrected chi connectivity index (χ2v) is 20.9. The summed E-state index contributed by atoms with van der Waals surface area (Å²) in [6, 6.07) is 61.7. The number of anilines is 6. The van der Waals surface area contributed by atoms with Gasteiger partial charge >= 0.3 is 0 Å². The highest BCUT2D eigenvalue weighted by molar-refractivity contribution is 7.05. The van der Waals surface area contributed by atoms with Crippen molar-refractivity contribution in [3.8, 4) is 46.0 Å². The first-order chi connectivity index (χ1) is 36.1. The van der Waals surface area contributed by atoms with E-state index in [1.54, 1.807) is 0 Å². The van der Waals surface area contributed by atoms with Crippen molar-refractivity contribution in [1.82, 2.24) is 0 Å². The molecule has 11 aromatic rings. The van der Waals surface area contributed by atoms with Crippen LogP contribution < -0.4 is 94.3 Å². The number of hydrogen-bond donors (Lipinski definition) is 0. The van der Waals surface area contributed by atoms with Crippen LogP contribution in [0.2, 0.25) is 0 Å². The van der Waals surface area contributed by atoms with E-state index in [2.05, 4.69) is 194 Å². The average Bonchev–Trinajstić information content (AvgIpc) is 3.79. The van der Waals surface area contributed by atoms with Gasteiger partial charge in [-0.05, 0) is 116 Å². The van der Waals surface area contributed by atoms with Crippen molar-refractivity contribution in [3.05, 3.63) is 181 Å². The molecule has 73 heavy (non-hydrogen) atoms. The Hall–Kier alpha value is -8.94. The normalized spacial score (nSPS) is 15.0. The molecule has 0 radical (unpaired) electrons. The Morgan fingerprint density at radius 1 is 0.315 bits per heavy atom. The molecule has 0 spiro atoms. The summed E-state index contributed by atoms with van der Waals surface area (Å²) in [7, 11) is 0. The first-order valence-corrected chi connectivity index (χ1v) is 25.4. The minimum Gasteiger partial charge on any atom is -0.458 e. The predicted molar refractivity (Wildman–Crippen MR) is 297 cm³/mol. The summed E-state index contributed by atoms with van der Waals surface area (Å²) >= 11 is 0. The number of benzene rings is 10. The Morgan fingerprint density at radius 2 is 0.616 bits per heavy atom. The second kappa shape index (κ2) is 12.7. The van der Waals surface area contributed by atoms with Gasteiger partial charge in [-0.2, -0.15) is 0 Å². The second-order valence-electron chi connectivity index (χ2n) is 20.9. The highest BCUT2D eigenvalue weighted by Gasteiger charge is 2.54. The molecule has 334 valence electrons. The van der Waals surface area contributed by atoms with Crippen LogP contribution in [0.25, 0.3) is 21.9 Å². The minimum absolute atomic E-state index is 0.00214. The van der Waals surface area contributed by atoms with Gasteiger partial charge in [-0.15, -0.1) is 0 Å². The van der Waals surface area contributed by atoms with Gasteiger partial charge in [0.15, 0.2) is 0 Å². The maximum absolute atomic E-state index is 7.29. The zero-order valence-corrected chi connectivity index (χ0v) is 39.4. The molecule has 0 amide bonds. The number of rotatable bonds is 0. The molecule has 0 aliphatic carbocycles. The first-order valence-electron chi connectivity index (χ1n) is 25.4. The van der Waals surface area contributed by atoms with Gasteiger partial charge in [0, 0.05) is 68.2 Å². The lowest BCUT2D eigenvalue weighted by molar-refractivity contribution is 0.459. The van der Waals surface area contributed by atoms with Crippen molar-refractivity contribution < 1.29 is 23.4 Å². The number of hydrogen-bond acceptors (Lipinski definition) is 7. The van der Waals surface area contributed by atoms with Crippen LogP contribution in [-0.2, 0) is 0 Å². The van der Waals surface area contributed by atoms with Crippen molar-refractivity contribution in [3.63, 3.8) is 0 Å². The summed E-state index contributed by atoms with van der Waals surface area (Å²) in [5.41, 5.74) is 25.0. The molecule has 0 atom stereocenters. The fourth-order valence-corrected chi connectivity index (χ4v) is 14.8. The molecule has 8 aliphatic rings. The van der Waals surface area contributed by atoms with Gasteiger partial charge in [-0.25, -0.2) is 0 Å². The number of fused-ring (bicyclic) bond motifs is 23. The molecule has 0 bridgehead atoms. The SMILES string of the molecule is Cc1c2c3c4c5c1Oc1cc6oc7cc8c(cc7c6cc1B5c1ccccc1N4c1ccccc1B3c1ccccc1O2)B1c2ccccc2N2c3ccccc3B3c4ccccc4Oc4c(C)c(c1c2c43)O8.